The van der Waals surface area contributed by atoms with Crippen LogP contribution in [0.3, 0.4) is 0 Å². The molecule has 2 N–H and O–H groups in total. The molecule has 0 spiro atoms. The number of hydrogen-bond acceptors (Lipinski definition) is 4. The summed E-state index contributed by atoms with van der Waals surface area (Å²) in [5, 5.41) is 2.71. The molecule has 2 heterocycles. The molecular formula is C20H19FN4O3. The van der Waals surface area contributed by atoms with Crippen molar-refractivity contribution >= 4 is 28.5 Å². The highest BCUT2D eigenvalue weighted by molar-refractivity contribution is 5.95. The number of aromatic nitrogens is 2. The lowest BCUT2D eigenvalue weighted by Crippen LogP contribution is -2.29. The van der Waals surface area contributed by atoms with Gasteiger partial charge in [-0.05, 0) is 36.8 Å². The monoisotopic (exact) mass is 382 g/mol. The first-order valence-electron chi connectivity index (χ1n) is 9.02. The van der Waals surface area contributed by atoms with E-state index in [1.54, 1.807) is 29.2 Å². The predicted molar refractivity (Wildman–Crippen MR) is 101 cm³/mol. The molecule has 7 nitrogen and oxygen atoms in total. The Morgan fingerprint density at radius 2 is 2.18 bits per heavy atom. The third-order valence-corrected chi connectivity index (χ3v) is 4.52. The molecule has 4 rings (SSSR count). The summed E-state index contributed by atoms with van der Waals surface area (Å²) in [6.45, 7) is 0.719. The first kappa shape index (κ1) is 18.0. The molecule has 8 heteroatoms. The van der Waals surface area contributed by atoms with E-state index in [4.69, 9.17) is 4.74 Å². The summed E-state index contributed by atoms with van der Waals surface area (Å²) in [6.07, 6.45) is 1.41. The number of carbonyl (C=O) groups excluding carboxylic acids is 2. The van der Waals surface area contributed by atoms with Crippen LogP contribution in [0.15, 0.2) is 42.5 Å². The summed E-state index contributed by atoms with van der Waals surface area (Å²) >= 11 is 0. The number of aromatic amines is 1. The molecule has 0 aliphatic carbocycles. The van der Waals surface area contributed by atoms with Crippen LogP contribution in [-0.2, 0) is 16.1 Å². The Morgan fingerprint density at radius 1 is 1.29 bits per heavy atom. The van der Waals surface area contributed by atoms with E-state index < -0.39 is 0 Å². The molecule has 0 unspecified atom stereocenters. The molecule has 28 heavy (non-hydrogen) atoms. The van der Waals surface area contributed by atoms with Crippen molar-refractivity contribution in [2.24, 2.45) is 0 Å². The lowest BCUT2D eigenvalue weighted by atomic mass is 10.3. The molecule has 1 fully saturated rings. The summed E-state index contributed by atoms with van der Waals surface area (Å²) < 4.78 is 18.8. The summed E-state index contributed by atoms with van der Waals surface area (Å²) in [7, 11) is 0. The van der Waals surface area contributed by atoms with Gasteiger partial charge in [0.15, 0.2) is 6.61 Å². The Kier molecular flexibility index (Phi) is 4.92. The van der Waals surface area contributed by atoms with Crippen LogP contribution in [0.2, 0.25) is 0 Å². The van der Waals surface area contributed by atoms with Gasteiger partial charge in [0.25, 0.3) is 5.91 Å². The predicted octanol–water partition coefficient (Wildman–Crippen LogP) is 2.52. The molecule has 3 aromatic rings. The SMILES string of the molecule is O=C(COc1cccc(N2CCCC2=O)c1)NCc1nc2ccc(F)cc2[nH]1. The maximum atomic E-state index is 13.2. The molecule has 1 aromatic heterocycles. The number of ether oxygens (including phenoxy) is 1. The Morgan fingerprint density at radius 3 is 3.00 bits per heavy atom. The van der Waals surface area contributed by atoms with E-state index in [0.29, 0.717) is 35.6 Å². The summed E-state index contributed by atoms with van der Waals surface area (Å²) in [6, 6.07) is 11.4. The van der Waals surface area contributed by atoms with Gasteiger partial charge in [-0.1, -0.05) is 6.07 Å². The zero-order valence-electron chi connectivity index (χ0n) is 15.1. The summed E-state index contributed by atoms with van der Waals surface area (Å²) in [4.78, 5) is 32.9. The van der Waals surface area contributed by atoms with E-state index in [-0.39, 0.29) is 30.8 Å². The van der Waals surface area contributed by atoms with Crippen molar-refractivity contribution in [3.05, 3.63) is 54.1 Å². The van der Waals surface area contributed by atoms with Crippen LogP contribution >= 0.6 is 0 Å². The minimum Gasteiger partial charge on any atom is -0.484 e. The number of nitrogens with one attached hydrogen (secondary N) is 2. The van der Waals surface area contributed by atoms with Gasteiger partial charge in [0.1, 0.15) is 17.4 Å². The second-order valence-electron chi connectivity index (χ2n) is 6.56. The fourth-order valence-electron chi connectivity index (χ4n) is 3.16. The fraction of sp³-hybridized carbons (Fsp3) is 0.250. The zero-order chi connectivity index (χ0) is 19.5. The highest BCUT2D eigenvalue weighted by Gasteiger charge is 2.21. The Bertz CT molecular complexity index is 1030. The summed E-state index contributed by atoms with van der Waals surface area (Å²) in [5.41, 5.74) is 1.99. The van der Waals surface area contributed by atoms with Crippen molar-refractivity contribution in [2.75, 3.05) is 18.1 Å². The van der Waals surface area contributed by atoms with Gasteiger partial charge in [0, 0.05) is 24.7 Å². The number of rotatable bonds is 6. The van der Waals surface area contributed by atoms with E-state index >= 15 is 0 Å². The van der Waals surface area contributed by atoms with Crippen molar-refractivity contribution in [3.63, 3.8) is 0 Å². The van der Waals surface area contributed by atoms with E-state index in [1.807, 2.05) is 6.07 Å². The second-order valence-corrected chi connectivity index (χ2v) is 6.56. The van der Waals surface area contributed by atoms with Crippen LogP contribution in [0.25, 0.3) is 11.0 Å². The number of fused-ring (bicyclic) bond motifs is 1. The lowest BCUT2D eigenvalue weighted by molar-refractivity contribution is -0.123. The number of carbonyl (C=O) groups is 2. The summed E-state index contributed by atoms with van der Waals surface area (Å²) in [5.74, 6) is 0.489. The van der Waals surface area contributed by atoms with Crippen molar-refractivity contribution in [1.82, 2.24) is 15.3 Å². The zero-order valence-corrected chi connectivity index (χ0v) is 15.1. The molecular weight excluding hydrogens is 363 g/mol. The molecule has 144 valence electrons. The van der Waals surface area contributed by atoms with Gasteiger partial charge in [0.2, 0.25) is 5.91 Å². The number of imidazole rings is 1. The third-order valence-electron chi connectivity index (χ3n) is 4.52. The van der Waals surface area contributed by atoms with Crippen LogP contribution in [0.4, 0.5) is 10.1 Å². The van der Waals surface area contributed by atoms with Gasteiger partial charge < -0.3 is 19.9 Å². The van der Waals surface area contributed by atoms with Gasteiger partial charge in [-0.2, -0.15) is 0 Å². The molecule has 0 saturated carbocycles. The fourth-order valence-corrected chi connectivity index (χ4v) is 3.16. The van der Waals surface area contributed by atoms with Crippen LogP contribution in [0.1, 0.15) is 18.7 Å². The number of anilines is 1. The van der Waals surface area contributed by atoms with Gasteiger partial charge >= 0.3 is 0 Å². The largest absolute Gasteiger partial charge is 0.484 e. The number of hydrogen-bond donors (Lipinski definition) is 2. The molecule has 1 saturated heterocycles. The molecule has 0 bridgehead atoms. The van der Waals surface area contributed by atoms with E-state index in [1.165, 1.54) is 12.1 Å². The number of benzene rings is 2. The maximum Gasteiger partial charge on any atom is 0.258 e. The average Bonchev–Trinajstić information content (AvgIpc) is 3.30. The van der Waals surface area contributed by atoms with Gasteiger partial charge in [-0.3, -0.25) is 9.59 Å². The van der Waals surface area contributed by atoms with Crippen LogP contribution in [0, 0.1) is 5.82 Å². The topological polar surface area (TPSA) is 87.3 Å². The van der Waals surface area contributed by atoms with E-state index in [9.17, 15) is 14.0 Å². The highest BCUT2D eigenvalue weighted by atomic mass is 19.1. The standard InChI is InChI=1S/C20H19FN4O3/c21-13-6-7-16-17(9-13)24-18(23-16)11-22-19(26)12-28-15-4-1-3-14(10-15)25-8-2-5-20(25)27/h1,3-4,6-7,9-10H,2,5,8,11-12H2,(H,22,26)(H,23,24). The van der Waals surface area contributed by atoms with Gasteiger partial charge in [-0.25, -0.2) is 9.37 Å². The minimum atomic E-state index is -0.349. The Hall–Kier alpha value is -3.42. The minimum absolute atomic E-state index is 0.0978. The maximum absolute atomic E-state index is 13.2. The lowest BCUT2D eigenvalue weighted by Gasteiger charge is -2.16. The quantitative estimate of drug-likeness (QED) is 0.686. The van der Waals surface area contributed by atoms with Crippen molar-refractivity contribution in [3.8, 4) is 5.75 Å². The molecule has 0 radical (unpaired) electrons. The van der Waals surface area contributed by atoms with Crippen LogP contribution in [0.5, 0.6) is 5.75 Å². The van der Waals surface area contributed by atoms with Gasteiger partial charge in [-0.15, -0.1) is 0 Å². The normalized spacial score (nSPS) is 13.9. The van der Waals surface area contributed by atoms with E-state index in [2.05, 4.69) is 15.3 Å². The Labute approximate surface area is 160 Å². The molecule has 2 amide bonds. The first-order valence-corrected chi connectivity index (χ1v) is 9.02. The first-order chi connectivity index (χ1) is 13.6. The van der Waals surface area contributed by atoms with Crippen molar-refractivity contribution < 1.29 is 18.7 Å². The molecule has 1 aliphatic rings. The number of H-pyrrole nitrogens is 1. The molecule has 1 aliphatic heterocycles. The van der Waals surface area contributed by atoms with Crippen molar-refractivity contribution in [1.29, 1.82) is 0 Å². The van der Waals surface area contributed by atoms with E-state index in [0.717, 1.165) is 12.1 Å². The highest BCUT2D eigenvalue weighted by Crippen LogP contribution is 2.25. The Balaban J connectivity index is 1.31. The smallest absolute Gasteiger partial charge is 0.258 e. The number of nitrogens with zero attached hydrogens (tertiary/aromatic N) is 2. The number of amides is 2. The molecule has 0 atom stereocenters. The molecule has 2 aromatic carbocycles. The number of halogens is 1. The van der Waals surface area contributed by atoms with Crippen molar-refractivity contribution in [2.45, 2.75) is 19.4 Å². The van der Waals surface area contributed by atoms with Gasteiger partial charge in [0.05, 0.1) is 17.6 Å². The second kappa shape index (κ2) is 7.67. The van der Waals surface area contributed by atoms with Crippen LogP contribution < -0.4 is 15.0 Å². The van der Waals surface area contributed by atoms with Crippen LogP contribution in [-0.4, -0.2) is 34.9 Å². The average molecular weight is 382 g/mol. The third kappa shape index (κ3) is 3.95.